The molecule has 2 aromatic carbocycles. The Kier molecular flexibility index (Phi) is 6.21. The van der Waals surface area contributed by atoms with Crippen molar-refractivity contribution >= 4 is 35.1 Å². The number of nitrogens with one attached hydrogen (secondary N) is 3. The molecular formula is C27H26FN5O3S. The van der Waals surface area contributed by atoms with Crippen LogP contribution < -0.4 is 25.6 Å². The Hall–Kier alpha value is -3.63. The Morgan fingerprint density at radius 2 is 1.97 bits per heavy atom. The Bertz CT molecular complexity index is 1360. The molecule has 4 heterocycles. The van der Waals surface area contributed by atoms with E-state index < -0.39 is 11.3 Å². The van der Waals surface area contributed by atoms with Gasteiger partial charge in [0.05, 0.1) is 17.4 Å². The summed E-state index contributed by atoms with van der Waals surface area (Å²) in [5, 5.41) is 9.80. The van der Waals surface area contributed by atoms with Crippen LogP contribution in [0.2, 0.25) is 0 Å². The first-order chi connectivity index (χ1) is 18.0. The molecule has 3 amide bonds. The molecule has 6 rings (SSSR count). The smallest absolute Gasteiger partial charge is 0.327 e. The monoisotopic (exact) mass is 519 g/mol. The van der Waals surface area contributed by atoms with Crippen LogP contribution in [0.3, 0.4) is 0 Å². The molecule has 1 fully saturated rings. The number of hydrogen-bond acceptors (Lipinski definition) is 6. The third-order valence-electron chi connectivity index (χ3n) is 6.87. The Balaban J connectivity index is 1.26. The molecule has 3 aliphatic rings. The van der Waals surface area contributed by atoms with Gasteiger partial charge in [-0.1, -0.05) is 11.8 Å². The highest BCUT2D eigenvalue weighted by molar-refractivity contribution is 8.01. The van der Waals surface area contributed by atoms with Crippen molar-refractivity contribution < 1.29 is 18.7 Å². The molecule has 0 saturated carbocycles. The number of pyridine rings is 1. The predicted octanol–water partition coefficient (Wildman–Crippen LogP) is 4.57. The molecule has 1 aromatic heterocycles. The molecule has 3 aliphatic heterocycles. The number of aryl methyl sites for hydroxylation is 1. The maximum atomic E-state index is 13.4. The first-order valence-corrected chi connectivity index (χ1v) is 13.2. The summed E-state index contributed by atoms with van der Waals surface area (Å²) < 4.78 is 19.1. The topological polar surface area (TPSA) is 95.6 Å². The van der Waals surface area contributed by atoms with Gasteiger partial charge in [0.15, 0.2) is 0 Å². The normalized spacial score (nSPS) is 22.3. The maximum Gasteiger partial charge on any atom is 0.327 e. The lowest BCUT2D eigenvalue weighted by Crippen LogP contribution is -2.52. The van der Waals surface area contributed by atoms with Crippen molar-refractivity contribution in [1.29, 1.82) is 0 Å². The number of nitrogens with zero attached hydrogens (tertiary/aromatic N) is 2. The summed E-state index contributed by atoms with van der Waals surface area (Å²) in [6.07, 6.45) is 3.64. The van der Waals surface area contributed by atoms with Crippen molar-refractivity contribution in [3.8, 4) is 11.5 Å². The number of benzene rings is 2. The summed E-state index contributed by atoms with van der Waals surface area (Å²) >= 11 is 1.40. The minimum Gasteiger partial charge on any atom is -0.457 e. The molecule has 3 N–H and O–H groups in total. The van der Waals surface area contributed by atoms with Gasteiger partial charge in [-0.15, -0.1) is 0 Å². The first kappa shape index (κ1) is 23.7. The Labute approximate surface area is 218 Å². The minimum atomic E-state index is -0.482. The number of ether oxygens (including phenoxy) is 1. The van der Waals surface area contributed by atoms with Crippen LogP contribution >= 0.6 is 11.8 Å². The van der Waals surface area contributed by atoms with Crippen LogP contribution in [-0.2, 0) is 4.79 Å². The van der Waals surface area contributed by atoms with Crippen LogP contribution in [0, 0.1) is 12.7 Å². The quantitative estimate of drug-likeness (QED) is 0.457. The van der Waals surface area contributed by atoms with Gasteiger partial charge < -0.3 is 20.7 Å². The number of piperidine rings is 1. The summed E-state index contributed by atoms with van der Waals surface area (Å²) in [5.74, 6) is 0.680. The van der Waals surface area contributed by atoms with Crippen molar-refractivity contribution in [2.45, 2.75) is 42.1 Å². The number of anilines is 2. The van der Waals surface area contributed by atoms with E-state index in [1.807, 2.05) is 25.1 Å². The molecule has 3 atom stereocenters. The number of carbonyl (C=O) groups excluding carboxylic acids is 2. The summed E-state index contributed by atoms with van der Waals surface area (Å²) in [7, 11) is 0. The van der Waals surface area contributed by atoms with Crippen molar-refractivity contribution in [2.75, 3.05) is 18.0 Å². The maximum absolute atomic E-state index is 13.4. The van der Waals surface area contributed by atoms with Crippen LogP contribution in [0.25, 0.3) is 0 Å². The van der Waals surface area contributed by atoms with Crippen molar-refractivity contribution in [3.05, 3.63) is 71.7 Å². The number of thioether (sulfide) groups is 1. The summed E-state index contributed by atoms with van der Waals surface area (Å²) in [6.45, 7) is 3.62. The second-order valence-corrected chi connectivity index (χ2v) is 10.5. The third kappa shape index (κ3) is 4.51. The fourth-order valence-corrected chi connectivity index (χ4v) is 6.34. The lowest BCUT2D eigenvalue weighted by molar-refractivity contribution is -0.121. The largest absolute Gasteiger partial charge is 0.457 e. The average Bonchev–Trinajstić information content (AvgIpc) is 3.27. The van der Waals surface area contributed by atoms with Gasteiger partial charge in [-0.3, -0.25) is 9.69 Å². The number of carbonyl (C=O) groups is 2. The highest BCUT2D eigenvalue weighted by Gasteiger charge is 2.47. The van der Waals surface area contributed by atoms with E-state index in [-0.39, 0.29) is 23.8 Å². The number of rotatable bonds is 5. The van der Waals surface area contributed by atoms with Crippen LogP contribution in [0.4, 0.5) is 20.6 Å². The average molecular weight is 520 g/mol. The summed E-state index contributed by atoms with van der Waals surface area (Å²) in [6, 6.07) is 12.4. The lowest BCUT2D eigenvalue weighted by Gasteiger charge is -2.35. The van der Waals surface area contributed by atoms with Crippen LogP contribution in [0.5, 0.6) is 11.5 Å². The van der Waals surface area contributed by atoms with E-state index in [4.69, 9.17) is 4.74 Å². The zero-order valence-corrected chi connectivity index (χ0v) is 21.0. The van der Waals surface area contributed by atoms with E-state index in [0.717, 1.165) is 47.8 Å². The fourth-order valence-electron chi connectivity index (χ4n) is 5.10. The number of halogens is 1. The number of aromatic nitrogens is 1. The molecule has 1 saturated heterocycles. The first-order valence-electron chi connectivity index (χ1n) is 12.3. The standard InChI is InChI=1S/C27H26FN5O3S/c1-15-13-19(36-18-6-4-16(28)5-7-18)8-9-20(15)33-21-10-12-30-26-22(21)23(32-27(33)35)24(37-26)25(34)31-17-3-2-11-29-14-17/h4-10,12-13,17,23-24,29H,2-3,11,14H2,1H3,(H,31,34)(H,32,35)/t17?,23?,24-/m1/s1. The zero-order valence-electron chi connectivity index (χ0n) is 20.2. The van der Waals surface area contributed by atoms with Crippen molar-refractivity contribution in [2.24, 2.45) is 0 Å². The predicted molar refractivity (Wildman–Crippen MR) is 139 cm³/mol. The summed E-state index contributed by atoms with van der Waals surface area (Å²) in [5.41, 5.74) is 3.10. The highest BCUT2D eigenvalue weighted by Crippen LogP contribution is 2.51. The van der Waals surface area contributed by atoms with Gasteiger partial charge in [0.25, 0.3) is 0 Å². The number of hydrogen-bond donors (Lipinski definition) is 3. The van der Waals surface area contributed by atoms with Gasteiger partial charge in [0.2, 0.25) is 5.91 Å². The highest BCUT2D eigenvalue weighted by atomic mass is 32.2. The van der Waals surface area contributed by atoms with E-state index in [0.29, 0.717) is 17.2 Å². The van der Waals surface area contributed by atoms with E-state index >= 15 is 0 Å². The second kappa shape index (κ2) is 9.68. The van der Waals surface area contributed by atoms with Gasteiger partial charge in [-0.05, 0) is 80.4 Å². The molecule has 37 heavy (non-hydrogen) atoms. The van der Waals surface area contributed by atoms with Gasteiger partial charge in [0.1, 0.15) is 27.6 Å². The van der Waals surface area contributed by atoms with Crippen LogP contribution in [-0.4, -0.2) is 41.3 Å². The molecule has 0 radical (unpaired) electrons. The SMILES string of the molecule is Cc1cc(Oc2ccc(F)cc2)ccc1N1C(=O)NC2c3c1ccnc3S[C@H]2C(=O)NC1CCCNC1. The van der Waals surface area contributed by atoms with Crippen molar-refractivity contribution in [3.63, 3.8) is 0 Å². The van der Waals surface area contributed by atoms with E-state index in [1.165, 1.54) is 23.9 Å². The van der Waals surface area contributed by atoms with Gasteiger partial charge >= 0.3 is 6.03 Å². The van der Waals surface area contributed by atoms with Gasteiger partial charge in [0, 0.05) is 24.3 Å². The van der Waals surface area contributed by atoms with Crippen molar-refractivity contribution in [1.82, 2.24) is 20.9 Å². The fraction of sp³-hybridized carbons (Fsp3) is 0.296. The molecule has 3 aromatic rings. The Morgan fingerprint density at radius 1 is 1.16 bits per heavy atom. The molecule has 0 spiro atoms. The summed E-state index contributed by atoms with van der Waals surface area (Å²) in [4.78, 5) is 32.8. The Morgan fingerprint density at radius 3 is 2.73 bits per heavy atom. The molecule has 190 valence electrons. The van der Waals surface area contributed by atoms with Crippen LogP contribution in [0.1, 0.15) is 30.0 Å². The van der Waals surface area contributed by atoms with E-state index in [1.54, 1.807) is 29.3 Å². The second-order valence-electron chi connectivity index (χ2n) is 9.41. The molecule has 0 aliphatic carbocycles. The molecule has 8 nitrogen and oxygen atoms in total. The third-order valence-corrected chi connectivity index (χ3v) is 8.15. The van der Waals surface area contributed by atoms with Crippen LogP contribution in [0.15, 0.2) is 59.8 Å². The molecule has 2 unspecified atom stereocenters. The lowest BCUT2D eigenvalue weighted by atomic mass is 9.99. The number of urea groups is 1. The molecule has 10 heteroatoms. The molecule has 0 bridgehead atoms. The molecular weight excluding hydrogens is 493 g/mol. The number of amides is 3. The van der Waals surface area contributed by atoms with Gasteiger partial charge in [-0.2, -0.15) is 0 Å². The van der Waals surface area contributed by atoms with E-state index in [9.17, 15) is 14.0 Å². The van der Waals surface area contributed by atoms with Gasteiger partial charge in [-0.25, -0.2) is 14.2 Å². The minimum absolute atomic E-state index is 0.0834. The zero-order chi connectivity index (χ0) is 25.5. The van der Waals surface area contributed by atoms with E-state index in [2.05, 4.69) is 20.9 Å².